The fraction of sp³-hybridized carbons (Fsp3) is 0.500. The van der Waals surface area contributed by atoms with Crippen LogP contribution in [0.15, 0.2) is 30.3 Å². The van der Waals surface area contributed by atoms with Crippen molar-refractivity contribution in [1.82, 2.24) is 4.90 Å². The number of nitrogens with zero attached hydrogens (tertiary/aromatic N) is 1. The van der Waals surface area contributed by atoms with E-state index in [4.69, 9.17) is 0 Å². The zero-order valence-corrected chi connectivity index (χ0v) is 11.8. The predicted octanol–water partition coefficient (Wildman–Crippen LogP) is 2.33. The molecule has 0 bridgehead atoms. The zero-order valence-electron chi connectivity index (χ0n) is 11.8. The van der Waals surface area contributed by atoms with Crippen LogP contribution in [0.4, 0.5) is 0 Å². The maximum atomic E-state index is 12.5. The van der Waals surface area contributed by atoms with Gasteiger partial charge in [-0.1, -0.05) is 37.3 Å². The van der Waals surface area contributed by atoms with Gasteiger partial charge in [-0.15, -0.1) is 0 Å². The number of hydrogen-bond acceptors (Lipinski definition) is 2. The Bertz CT molecular complexity index is 472. The normalized spacial score (nSPS) is 20.4. The first-order valence-electron chi connectivity index (χ1n) is 7.17. The van der Waals surface area contributed by atoms with E-state index < -0.39 is 12.0 Å². The molecule has 0 aliphatic carbocycles. The highest BCUT2D eigenvalue weighted by molar-refractivity contribution is 5.85. The second-order valence-electron chi connectivity index (χ2n) is 5.47. The van der Waals surface area contributed by atoms with Crippen LogP contribution >= 0.6 is 0 Å². The lowest BCUT2D eigenvalue weighted by atomic mass is 9.96. The summed E-state index contributed by atoms with van der Waals surface area (Å²) in [5.41, 5.74) is 1.11. The molecule has 0 radical (unpaired) electrons. The summed E-state index contributed by atoms with van der Waals surface area (Å²) in [6, 6.07) is 9.19. The second kappa shape index (κ2) is 6.55. The molecular weight excluding hydrogens is 254 g/mol. The van der Waals surface area contributed by atoms with Gasteiger partial charge in [0, 0.05) is 12.5 Å². The molecule has 1 saturated heterocycles. The summed E-state index contributed by atoms with van der Waals surface area (Å²) in [6.45, 7) is 2.44. The predicted molar refractivity (Wildman–Crippen MR) is 76.3 cm³/mol. The Kier molecular flexibility index (Phi) is 4.77. The highest BCUT2D eigenvalue weighted by Gasteiger charge is 2.33. The Morgan fingerprint density at radius 3 is 2.65 bits per heavy atom. The molecule has 0 spiro atoms. The number of carbonyl (C=O) groups is 2. The third-order valence-corrected chi connectivity index (χ3v) is 3.88. The van der Waals surface area contributed by atoms with E-state index in [1.807, 2.05) is 37.3 Å². The smallest absolute Gasteiger partial charge is 0.326 e. The molecule has 1 aliphatic rings. The van der Waals surface area contributed by atoms with Crippen molar-refractivity contribution in [3.8, 4) is 0 Å². The van der Waals surface area contributed by atoms with Gasteiger partial charge < -0.3 is 10.0 Å². The van der Waals surface area contributed by atoms with Crippen molar-refractivity contribution < 1.29 is 14.7 Å². The molecule has 2 atom stereocenters. The maximum Gasteiger partial charge on any atom is 0.326 e. The van der Waals surface area contributed by atoms with Crippen molar-refractivity contribution in [2.75, 3.05) is 6.54 Å². The standard InChI is InChI=1S/C16H21NO3/c1-12(11-13-7-3-2-4-8-13)15(18)17-10-6-5-9-14(17)16(19)20/h2-4,7-8,12,14H,5-6,9-11H2,1H3,(H,19,20)/t12-,14-/m0/s1. The minimum absolute atomic E-state index is 0.0408. The summed E-state index contributed by atoms with van der Waals surface area (Å²) in [5, 5.41) is 9.24. The average molecular weight is 275 g/mol. The van der Waals surface area contributed by atoms with Crippen molar-refractivity contribution in [3.63, 3.8) is 0 Å². The van der Waals surface area contributed by atoms with Crippen LogP contribution in [-0.2, 0) is 16.0 Å². The van der Waals surface area contributed by atoms with Gasteiger partial charge in [0.1, 0.15) is 6.04 Å². The maximum absolute atomic E-state index is 12.5. The number of rotatable bonds is 4. The topological polar surface area (TPSA) is 57.6 Å². The molecule has 1 aromatic rings. The number of aliphatic carboxylic acids is 1. The van der Waals surface area contributed by atoms with Crippen molar-refractivity contribution in [2.45, 2.75) is 38.6 Å². The van der Waals surface area contributed by atoms with E-state index >= 15 is 0 Å². The van der Waals surface area contributed by atoms with Gasteiger partial charge in [-0.05, 0) is 31.2 Å². The first-order valence-corrected chi connectivity index (χ1v) is 7.17. The number of piperidine rings is 1. The summed E-state index contributed by atoms with van der Waals surface area (Å²) in [7, 11) is 0. The largest absolute Gasteiger partial charge is 0.480 e. The van der Waals surface area contributed by atoms with Gasteiger partial charge in [0.2, 0.25) is 5.91 Å². The van der Waals surface area contributed by atoms with Crippen LogP contribution in [0.1, 0.15) is 31.7 Å². The molecule has 4 nitrogen and oxygen atoms in total. The van der Waals surface area contributed by atoms with E-state index in [9.17, 15) is 14.7 Å². The quantitative estimate of drug-likeness (QED) is 0.917. The van der Waals surface area contributed by atoms with Crippen LogP contribution in [0, 0.1) is 5.92 Å². The molecule has 4 heteroatoms. The van der Waals surface area contributed by atoms with Crippen LogP contribution < -0.4 is 0 Å². The Labute approximate surface area is 119 Å². The van der Waals surface area contributed by atoms with Crippen LogP contribution in [0.3, 0.4) is 0 Å². The Balaban J connectivity index is 2.03. The third kappa shape index (κ3) is 3.38. The van der Waals surface area contributed by atoms with Gasteiger partial charge in [-0.3, -0.25) is 4.79 Å². The molecule has 1 aliphatic heterocycles. The third-order valence-electron chi connectivity index (χ3n) is 3.88. The molecule has 1 aromatic carbocycles. The van der Waals surface area contributed by atoms with Crippen molar-refractivity contribution in [3.05, 3.63) is 35.9 Å². The van der Waals surface area contributed by atoms with Crippen LogP contribution in [0.2, 0.25) is 0 Å². The number of carboxylic acid groups (broad SMARTS) is 1. The van der Waals surface area contributed by atoms with Gasteiger partial charge in [0.15, 0.2) is 0 Å². The summed E-state index contributed by atoms with van der Waals surface area (Å²) in [6.07, 6.45) is 3.00. The van der Waals surface area contributed by atoms with Crippen LogP contribution in [-0.4, -0.2) is 34.5 Å². The van der Waals surface area contributed by atoms with Crippen molar-refractivity contribution >= 4 is 11.9 Å². The summed E-state index contributed by atoms with van der Waals surface area (Å²) >= 11 is 0. The molecule has 0 unspecified atom stereocenters. The molecular formula is C16H21NO3. The first-order chi connectivity index (χ1) is 9.59. The van der Waals surface area contributed by atoms with Crippen molar-refractivity contribution in [1.29, 1.82) is 0 Å². The van der Waals surface area contributed by atoms with Crippen LogP contribution in [0.5, 0.6) is 0 Å². The highest BCUT2D eigenvalue weighted by atomic mass is 16.4. The monoisotopic (exact) mass is 275 g/mol. The molecule has 1 fully saturated rings. The number of carboxylic acids is 1. The molecule has 0 aromatic heterocycles. The number of hydrogen-bond donors (Lipinski definition) is 1. The lowest BCUT2D eigenvalue weighted by molar-refractivity contribution is -0.153. The van der Waals surface area contributed by atoms with Gasteiger partial charge in [0.25, 0.3) is 0 Å². The zero-order chi connectivity index (χ0) is 14.5. The first kappa shape index (κ1) is 14.6. The second-order valence-corrected chi connectivity index (χ2v) is 5.47. The van der Waals surface area contributed by atoms with Crippen LogP contribution in [0.25, 0.3) is 0 Å². The highest BCUT2D eigenvalue weighted by Crippen LogP contribution is 2.21. The summed E-state index contributed by atoms with van der Waals surface area (Å²) in [4.78, 5) is 25.3. The fourth-order valence-electron chi connectivity index (χ4n) is 2.79. The van der Waals surface area contributed by atoms with E-state index in [-0.39, 0.29) is 11.8 Å². The fourth-order valence-corrected chi connectivity index (χ4v) is 2.79. The molecule has 108 valence electrons. The SMILES string of the molecule is C[C@@H](Cc1ccccc1)C(=O)N1CCCC[C@H]1C(=O)O. The Hall–Kier alpha value is -1.84. The van der Waals surface area contributed by atoms with Gasteiger partial charge in [-0.25, -0.2) is 4.79 Å². The number of carbonyl (C=O) groups excluding carboxylic acids is 1. The molecule has 2 rings (SSSR count). The van der Waals surface area contributed by atoms with E-state index in [0.29, 0.717) is 19.4 Å². The number of benzene rings is 1. The minimum atomic E-state index is -0.884. The molecule has 1 heterocycles. The minimum Gasteiger partial charge on any atom is -0.480 e. The summed E-state index contributed by atoms with van der Waals surface area (Å²) in [5.74, 6) is -1.11. The molecule has 0 saturated carbocycles. The lowest BCUT2D eigenvalue weighted by Gasteiger charge is -2.34. The number of likely N-dealkylation sites (tertiary alicyclic amines) is 1. The lowest BCUT2D eigenvalue weighted by Crippen LogP contribution is -2.50. The Morgan fingerprint density at radius 1 is 1.30 bits per heavy atom. The van der Waals surface area contributed by atoms with Gasteiger partial charge in [0.05, 0.1) is 0 Å². The van der Waals surface area contributed by atoms with E-state index in [1.54, 1.807) is 4.90 Å². The summed E-state index contributed by atoms with van der Waals surface area (Å²) < 4.78 is 0. The van der Waals surface area contributed by atoms with Gasteiger partial charge in [-0.2, -0.15) is 0 Å². The van der Waals surface area contributed by atoms with Gasteiger partial charge >= 0.3 is 5.97 Å². The van der Waals surface area contributed by atoms with E-state index in [0.717, 1.165) is 18.4 Å². The van der Waals surface area contributed by atoms with E-state index in [2.05, 4.69) is 0 Å². The average Bonchev–Trinajstić information content (AvgIpc) is 2.47. The molecule has 20 heavy (non-hydrogen) atoms. The molecule has 1 N–H and O–H groups in total. The van der Waals surface area contributed by atoms with Crippen molar-refractivity contribution in [2.24, 2.45) is 5.92 Å². The van der Waals surface area contributed by atoms with E-state index in [1.165, 1.54) is 0 Å². The molecule has 1 amide bonds. The Morgan fingerprint density at radius 2 is 2.00 bits per heavy atom. The number of amides is 1.